The van der Waals surface area contributed by atoms with Gasteiger partial charge in [0.25, 0.3) is 0 Å². The molecule has 0 saturated heterocycles. The maximum atomic E-state index is 6.13. The number of anilines is 2. The number of aryl methyl sites for hydroxylation is 1. The smallest absolute Gasteiger partial charge is 0.143 e. The zero-order valence-corrected chi connectivity index (χ0v) is 16.9. The lowest BCUT2D eigenvalue weighted by atomic mass is 10.1. The first-order valence-corrected chi connectivity index (χ1v) is 9.80. The fraction of sp³-hybridized carbons (Fsp3) is 0.100. The lowest BCUT2D eigenvalue weighted by Gasteiger charge is -2.11. The predicted molar refractivity (Wildman–Crippen MR) is 114 cm³/mol. The predicted octanol–water partition coefficient (Wildman–Crippen LogP) is 6.73. The van der Waals surface area contributed by atoms with E-state index < -0.39 is 0 Å². The third kappa shape index (κ3) is 3.72. The highest BCUT2D eigenvalue weighted by atomic mass is 35.5. The number of aromatic nitrogens is 2. The van der Waals surface area contributed by atoms with E-state index in [2.05, 4.69) is 20.7 Å². The molecule has 0 fully saturated rings. The van der Waals surface area contributed by atoms with Crippen molar-refractivity contribution in [3.05, 3.63) is 63.7 Å². The molecule has 0 spiro atoms. The van der Waals surface area contributed by atoms with E-state index in [1.54, 1.807) is 24.5 Å². The van der Waals surface area contributed by atoms with Crippen molar-refractivity contribution < 1.29 is 4.74 Å². The molecule has 2 heterocycles. The summed E-state index contributed by atoms with van der Waals surface area (Å²) in [4.78, 5) is 10.1. The first-order valence-electron chi connectivity index (χ1n) is 8.17. The SMILES string of the molecule is COc1ccc(-c2csc3nc(C)nc(Nc4cc(Cl)cc(Cl)c4)c23)cc1. The zero-order valence-electron chi connectivity index (χ0n) is 14.6. The second kappa shape index (κ2) is 7.35. The highest BCUT2D eigenvalue weighted by Crippen LogP contribution is 2.38. The minimum absolute atomic E-state index is 0.563. The van der Waals surface area contributed by atoms with E-state index in [4.69, 9.17) is 27.9 Å². The van der Waals surface area contributed by atoms with Crippen LogP contribution in [-0.4, -0.2) is 17.1 Å². The number of nitrogens with zero attached hydrogens (tertiary/aromatic N) is 2. The van der Waals surface area contributed by atoms with Crippen LogP contribution in [0.1, 0.15) is 5.82 Å². The topological polar surface area (TPSA) is 47.0 Å². The molecule has 27 heavy (non-hydrogen) atoms. The van der Waals surface area contributed by atoms with E-state index in [0.717, 1.165) is 38.6 Å². The van der Waals surface area contributed by atoms with Crippen molar-refractivity contribution in [3.63, 3.8) is 0 Å². The van der Waals surface area contributed by atoms with Gasteiger partial charge in [0.05, 0.1) is 12.5 Å². The molecule has 0 atom stereocenters. The Balaban J connectivity index is 1.85. The van der Waals surface area contributed by atoms with Gasteiger partial charge in [-0.05, 0) is 42.8 Å². The summed E-state index contributed by atoms with van der Waals surface area (Å²) in [6.45, 7) is 1.88. The number of hydrogen-bond acceptors (Lipinski definition) is 5. The van der Waals surface area contributed by atoms with Crippen molar-refractivity contribution >= 4 is 56.3 Å². The lowest BCUT2D eigenvalue weighted by molar-refractivity contribution is 0.415. The molecule has 4 nitrogen and oxygen atoms in total. The largest absolute Gasteiger partial charge is 0.497 e. The Labute approximate surface area is 170 Å². The first kappa shape index (κ1) is 18.0. The van der Waals surface area contributed by atoms with E-state index in [-0.39, 0.29) is 0 Å². The van der Waals surface area contributed by atoms with Crippen LogP contribution in [0.2, 0.25) is 10.0 Å². The molecule has 4 rings (SSSR count). The number of ether oxygens (including phenoxy) is 1. The molecule has 0 radical (unpaired) electrons. The maximum absolute atomic E-state index is 6.13. The number of fused-ring (bicyclic) bond motifs is 1. The van der Waals surface area contributed by atoms with Crippen LogP contribution in [0, 0.1) is 6.92 Å². The first-order chi connectivity index (χ1) is 13.0. The van der Waals surface area contributed by atoms with E-state index in [9.17, 15) is 0 Å². The molecule has 0 aliphatic rings. The molecule has 7 heteroatoms. The molecule has 1 N–H and O–H groups in total. The molecule has 0 saturated carbocycles. The highest BCUT2D eigenvalue weighted by molar-refractivity contribution is 7.17. The van der Waals surface area contributed by atoms with Crippen molar-refractivity contribution in [2.75, 3.05) is 12.4 Å². The fourth-order valence-corrected chi connectivity index (χ4v) is 4.40. The van der Waals surface area contributed by atoms with Gasteiger partial charge in [-0.2, -0.15) is 0 Å². The zero-order chi connectivity index (χ0) is 19.0. The molecule has 0 aliphatic carbocycles. The Hall–Kier alpha value is -2.34. The Kier molecular flexibility index (Phi) is 4.91. The van der Waals surface area contributed by atoms with Crippen molar-refractivity contribution in [2.24, 2.45) is 0 Å². The third-order valence-corrected chi connectivity index (χ3v) is 5.38. The average Bonchev–Trinajstić information content (AvgIpc) is 3.05. The number of thiophene rings is 1. The highest BCUT2D eigenvalue weighted by Gasteiger charge is 2.15. The number of halogens is 2. The molecule has 2 aromatic heterocycles. The Morgan fingerprint density at radius 1 is 1.00 bits per heavy atom. The molecule has 0 bridgehead atoms. The van der Waals surface area contributed by atoms with Crippen LogP contribution in [0.25, 0.3) is 21.3 Å². The van der Waals surface area contributed by atoms with Crippen LogP contribution in [-0.2, 0) is 0 Å². The summed E-state index contributed by atoms with van der Waals surface area (Å²) in [6.07, 6.45) is 0. The summed E-state index contributed by atoms with van der Waals surface area (Å²) in [5.41, 5.74) is 2.91. The Bertz CT molecular complexity index is 1110. The fourth-order valence-electron chi connectivity index (χ4n) is 2.88. The molecule has 0 aliphatic heterocycles. The van der Waals surface area contributed by atoms with E-state index in [1.165, 1.54) is 0 Å². The Morgan fingerprint density at radius 2 is 1.70 bits per heavy atom. The van der Waals surface area contributed by atoms with Crippen LogP contribution in [0.5, 0.6) is 5.75 Å². The van der Waals surface area contributed by atoms with Gasteiger partial charge in [-0.3, -0.25) is 0 Å². The second-order valence-corrected chi connectivity index (χ2v) is 7.69. The van der Waals surface area contributed by atoms with Gasteiger partial charge in [0.15, 0.2) is 0 Å². The normalized spacial score (nSPS) is 11.0. The van der Waals surface area contributed by atoms with Gasteiger partial charge in [-0.1, -0.05) is 35.3 Å². The Morgan fingerprint density at radius 3 is 2.37 bits per heavy atom. The summed E-state index contributed by atoms with van der Waals surface area (Å²) in [5, 5.41) is 7.53. The van der Waals surface area contributed by atoms with Gasteiger partial charge in [0, 0.05) is 26.7 Å². The number of rotatable bonds is 4. The summed E-state index contributed by atoms with van der Waals surface area (Å²) in [5.74, 6) is 2.24. The molecule has 0 amide bonds. The molecule has 136 valence electrons. The number of methoxy groups -OCH3 is 1. The van der Waals surface area contributed by atoms with Gasteiger partial charge in [0.2, 0.25) is 0 Å². The minimum atomic E-state index is 0.563. The minimum Gasteiger partial charge on any atom is -0.497 e. The summed E-state index contributed by atoms with van der Waals surface area (Å²) < 4.78 is 5.26. The van der Waals surface area contributed by atoms with Crippen molar-refractivity contribution in [3.8, 4) is 16.9 Å². The van der Waals surface area contributed by atoms with Crippen LogP contribution in [0.4, 0.5) is 11.5 Å². The quantitative estimate of drug-likeness (QED) is 0.401. The van der Waals surface area contributed by atoms with Gasteiger partial charge in [0.1, 0.15) is 22.2 Å². The lowest BCUT2D eigenvalue weighted by Crippen LogP contribution is -1.98. The summed E-state index contributed by atoms with van der Waals surface area (Å²) in [7, 11) is 1.66. The monoisotopic (exact) mass is 415 g/mol. The van der Waals surface area contributed by atoms with Gasteiger partial charge in [-0.15, -0.1) is 11.3 Å². The summed E-state index contributed by atoms with van der Waals surface area (Å²) >= 11 is 13.9. The number of nitrogens with one attached hydrogen (secondary N) is 1. The number of benzene rings is 2. The third-order valence-electron chi connectivity index (χ3n) is 4.07. The molecular weight excluding hydrogens is 401 g/mol. The molecule has 4 aromatic rings. The van der Waals surface area contributed by atoms with Gasteiger partial charge >= 0.3 is 0 Å². The van der Waals surface area contributed by atoms with Crippen molar-refractivity contribution in [1.29, 1.82) is 0 Å². The summed E-state index contributed by atoms with van der Waals surface area (Å²) in [6, 6.07) is 13.3. The van der Waals surface area contributed by atoms with Crippen LogP contribution in [0.3, 0.4) is 0 Å². The van der Waals surface area contributed by atoms with Crippen molar-refractivity contribution in [2.45, 2.75) is 6.92 Å². The number of hydrogen-bond donors (Lipinski definition) is 1. The van der Waals surface area contributed by atoms with Crippen LogP contribution < -0.4 is 10.1 Å². The molecular formula is C20H15Cl2N3OS. The van der Waals surface area contributed by atoms with E-state index in [0.29, 0.717) is 15.9 Å². The standard InChI is InChI=1S/C20H15Cl2N3OS/c1-11-23-19(25-15-8-13(21)7-14(22)9-15)18-17(10-27-20(18)24-11)12-3-5-16(26-2)6-4-12/h3-10H,1-2H3,(H,23,24,25). The van der Waals surface area contributed by atoms with E-state index in [1.807, 2.05) is 43.3 Å². The van der Waals surface area contributed by atoms with Gasteiger partial charge in [-0.25, -0.2) is 9.97 Å². The van der Waals surface area contributed by atoms with Gasteiger partial charge < -0.3 is 10.1 Å². The average molecular weight is 416 g/mol. The maximum Gasteiger partial charge on any atom is 0.143 e. The second-order valence-electron chi connectivity index (χ2n) is 5.96. The van der Waals surface area contributed by atoms with E-state index >= 15 is 0 Å². The van der Waals surface area contributed by atoms with Crippen LogP contribution >= 0.6 is 34.5 Å². The van der Waals surface area contributed by atoms with Crippen LogP contribution in [0.15, 0.2) is 47.8 Å². The molecule has 0 unspecified atom stereocenters. The molecule has 2 aromatic carbocycles. The van der Waals surface area contributed by atoms with Crippen molar-refractivity contribution in [1.82, 2.24) is 9.97 Å².